The van der Waals surface area contributed by atoms with E-state index in [-0.39, 0.29) is 0 Å². The first-order chi connectivity index (χ1) is 9.03. The van der Waals surface area contributed by atoms with Crippen LogP contribution >= 0.6 is 12.2 Å². The van der Waals surface area contributed by atoms with Crippen LogP contribution in [0.25, 0.3) is 0 Å². The van der Waals surface area contributed by atoms with Gasteiger partial charge in [0.2, 0.25) is 0 Å². The van der Waals surface area contributed by atoms with Crippen LogP contribution in [0.2, 0.25) is 0 Å². The SMILES string of the molecule is CCC(CC)N(C)Cc1ccc(OC)c(C(N)=S)c1. The molecule has 0 fully saturated rings. The summed E-state index contributed by atoms with van der Waals surface area (Å²) >= 11 is 5.07. The predicted octanol–water partition coefficient (Wildman–Crippen LogP) is 2.95. The normalized spacial score (nSPS) is 11.1. The van der Waals surface area contributed by atoms with Gasteiger partial charge in [0.25, 0.3) is 0 Å². The maximum absolute atomic E-state index is 5.74. The first-order valence-corrected chi connectivity index (χ1v) is 7.11. The molecule has 0 saturated carbocycles. The summed E-state index contributed by atoms with van der Waals surface area (Å²) in [6.07, 6.45) is 2.32. The molecule has 0 aliphatic rings. The van der Waals surface area contributed by atoms with Crippen molar-refractivity contribution in [3.8, 4) is 5.75 Å². The number of rotatable bonds is 7. The minimum atomic E-state index is 0.379. The Hall–Kier alpha value is -1.13. The molecule has 0 spiro atoms. The van der Waals surface area contributed by atoms with Gasteiger partial charge in [-0.3, -0.25) is 4.90 Å². The Labute approximate surface area is 121 Å². The molecule has 0 aliphatic heterocycles. The third-order valence-corrected chi connectivity index (χ3v) is 3.75. The molecular weight excluding hydrogens is 256 g/mol. The highest BCUT2D eigenvalue weighted by Gasteiger charge is 2.12. The molecule has 0 unspecified atom stereocenters. The Morgan fingerprint density at radius 1 is 1.37 bits per heavy atom. The highest BCUT2D eigenvalue weighted by molar-refractivity contribution is 7.80. The van der Waals surface area contributed by atoms with Crippen molar-refractivity contribution in [1.29, 1.82) is 0 Å². The second kappa shape index (κ2) is 7.46. The fraction of sp³-hybridized carbons (Fsp3) is 0.533. The standard InChI is InChI=1S/C15H24N2OS/c1-5-12(6-2)17(3)10-11-7-8-14(18-4)13(9-11)15(16)19/h7-9,12H,5-6,10H2,1-4H3,(H2,16,19). The van der Waals surface area contributed by atoms with Gasteiger partial charge in [-0.25, -0.2) is 0 Å². The minimum Gasteiger partial charge on any atom is -0.496 e. The average molecular weight is 280 g/mol. The summed E-state index contributed by atoms with van der Waals surface area (Å²) in [7, 11) is 3.79. The Morgan fingerprint density at radius 2 is 2.00 bits per heavy atom. The van der Waals surface area contributed by atoms with Crippen molar-refractivity contribution >= 4 is 17.2 Å². The van der Waals surface area contributed by atoms with E-state index in [2.05, 4.69) is 31.9 Å². The van der Waals surface area contributed by atoms with Crippen LogP contribution in [0.4, 0.5) is 0 Å². The lowest BCUT2D eigenvalue weighted by Crippen LogP contribution is -2.30. The lowest BCUT2D eigenvalue weighted by atomic mass is 10.1. The predicted molar refractivity (Wildman–Crippen MR) is 84.7 cm³/mol. The summed E-state index contributed by atoms with van der Waals surface area (Å²) < 4.78 is 5.28. The summed E-state index contributed by atoms with van der Waals surface area (Å²) in [4.78, 5) is 2.74. The second-order valence-corrected chi connectivity index (χ2v) is 5.22. The van der Waals surface area contributed by atoms with Crippen molar-refractivity contribution in [2.75, 3.05) is 14.2 Å². The summed E-state index contributed by atoms with van der Waals surface area (Å²) in [6, 6.07) is 6.64. The first-order valence-electron chi connectivity index (χ1n) is 6.70. The van der Waals surface area contributed by atoms with Gasteiger partial charge in [-0.05, 0) is 37.6 Å². The number of nitrogens with two attached hydrogens (primary N) is 1. The smallest absolute Gasteiger partial charge is 0.129 e. The van der Waals surface area contributed by atoms with Crippen LogP contribution in [-0.2, 0) is 6.54 Å². The molecule has 4 heteroatoms. The quantitative estimate of drug-likeness (QED) is 0.779. The Morgan fingerprint density at radius 3 is 2.47 bits per heavy atom. The molecule has 1 aromatic carbocycles. The first kappa shape index (κ1) is 15.9. The lowest BCUT2D eigenvalue weighted by Gasteiger charge is -2.26. The molecule has 0 heterocycles. The van der Waals surface area contributed by atoms with Crippen molar-refractivity contribution in [3.63, 3.8) is 0 Å². The van der Waals surface area contributed by atoms with E-state index in [4.69, 9.17) is 22.7 Å². The fourth-order valence-electron chi connectivity index (χ4n) is 2.38. The maximum Gasteiger partial charge on any atom is 0.129 e. The number of methoxy groups -OCH3 is 1. The Bertz CT molecular complexity index is 430. The summed E-state index contributed by atoms with van der Waals surface area (Å²) in [5, 5.41) is 0. The van der Waals surface area contributed by atoms with Gasteiger partial charge in [0.15, 0.2) is 0 Å². The van der Waals surface area contributed by atoms with Crippen molar-refractivity contribution in [2.45, 2.75) is 39.3 Å². The monoisotopic (exact) mass is 280 g/mol. The van der Waals surface area contributed by atoms with E-state index in [0.717, 1.165) is 30.7 Å². The second-order valence-electron chi connectivity index (χ2n) is 4.78. The van der Waals surface area contributed by atoms with Crippen molar-refractivity contribution < 1.29 is 4.74 Å². The van der Waals surface area contributed by atoms with Crippen LogP contribution in [0, 0.1) is 0 Å². The zero-order valence-corrected chi connectivity index (χ0v) is 13.1. The largest absolute Gasteiger partial charge is 0.496 e. The van der Waals surface area contributed by atoms with E-state index in [1.54, 1.807) is 7.11 Å². The Kier molecular flexibility index (Phi) is 6.25. The van der Waals surface area contributed by atoms with Gasteiger partial charge < -0.3 is 10.5 Å². The maximum atomic E-state index is 5.74. The molecule has 2 N–H and O–H groups in total. The minimum absolute atomic E-state index is 0.379. The molecule has 106 valence electrons. The summed E-state index contributed by atoms with van der Waals surface area (Å²) in [5.41, 5.74) is 7.76. The molecule has 0 atom stereocenters. The van der Waals surface area contributed by atoms with E-state index >= 15 is 0 Å². The van der Waals surface area contributed by atoms with E-state index in [9.17, 15) is 0 Å². The van der Waals surface area contributed by atoms with Crippen molar-refractivity contribution in [2.24, 2.45) is 5.73 Å². The highest BCUT2D eigenvalue weighted by atomic mass is 32.1. The van der Waals surface area contributed by atoms with Crippen LogP contribution in [0.15, 0.2) is 18.2 Å². The molecule has 1 rings (SSSR count). The van der Waals surface area contributed by atoms with Gasteiger partial charge in [-0.15, -0.1) is 0 Å². The average Bonchev–Trinajstić information content (AvgIpc) is 2.40. The van der Waals surface area contributed by atoms with Gasteiger partial charge in [-0.2, -0.15) is 0 Å². The van der Waals surface area contributed by atoms with Gasteiger partial charge in [0, 0.05) is 12.6 Å². The Balaban J connectivity index is 2.90. The van der Waals surface area contributed by atoms with Crippen molar-refractivity contribution in [3.05, 3.63) is 29.3 Å². The zero-order chi connectivity index (χ0) is 14.4. The summed E-state index contributed by atoms with van der Waals surface area (Å²) in [6.45, 7) is 5.34. The molecule has 0 radical (unpaired) electrons. The van der Waals surface area contributed by atoms with Gasteiger partial charge in [0.1, 0.15) is 10.7 Å². The molecule has 0 saturated heterocycles. The van der Waals surface area contributed by atoms with E-state index < -0.39 is 0 Å². The van der Waals surface area contributed by atoms with Gasteiger partial charge >= 0.3 is 0 Å². The zero-order valence-electron chi connectivity index (χ0n) is 12.3. The fourth-order valence-corrected chi connectivity index (χ4v) is 2.53. The molecular formula is C15H24N2OS. The number of hydrogen-bond acceptors (Lipinski definition) is 3. The molecule has 0 bridgehead atoms. The van der Waals surface area contributed by atoms with Crippen LogP contribution in [0.5, 0.6) is 5.75 Å². The molecule has 3 nitrogen and oxygen atoms in total. The number of thiocarbonyl (C=S) groups is 1. The van der Waals surface area contributed by atoms with E-state index in [0.29, 0.717) is 11.0 Å². The van der Waals surface area contributed by atoms with Crippen molar-refractivity contribution in [1.82, 2.24) is 4.90 Å². The molecule has 0 amide bonds. The third kappa shape index (κ3) is 4.18. The number of ether oxygens (including phenoxy) is 1. The number of hydrogen-bond donors (Lipinski definition) is 1. The highest BCUT2D eigenvalue weighted by Crippen LogP contribution is 2.21. The van der Waals surface area contributed by atoms with Crippen LogP contribution in [-0.4, -0.2) is 30.1 Å². The van der Waals surface area contributed by atoms with E-state index in [1.165, 1.54) is 5.56 Å². The molecule has 0 aromatic heterocycles. The molecule has 19 heavy (non-hydrogen) atoms. The third-order valence-electron chi connectivity index (χ3n) is 3.53. The number of benzene rings is 1. The molecule has 0 aliphatic carbocycles. The van der Waals surface area contributed by atoms with E-state index in [1.807, 2.05) is 12.1 Å². The van der Waals surface area contributed by atoms with Gasteiger partial charge in [-0.1, -0.05) is 32.1 Å². The lowest BCUT2D eigenvalue weighted by molar-refractivity contribution is 0.221. The summed E-state index contributed by atoms with van der Waals surface area (Å²) in [5.74, 6) is 0.737. The van der Waals surface area contributed by atoms with Crippen LogP contribution in [0.1, 0.15) is 37.8 Å². The van der Waals surface area contributed by atoms with Gasteiger partial charge in [0.05, 0.1) is 12.7 Å². The topological polar surface area (TPSA) is 38.5 Å². The molecule has 1 aromatic rings. The van der Waals surface area contributed by atoms with Crippen LogP contribution in [0.3, 0.4) is 0 Å². The number of nitrogens with zero attached hydrogens (tertiary/aromatic N) is 1. The van der Waals surface area contributed by atoms with Crippen LogP contribution < -0.4 is 10.5 Å².